The van der Waals surface area contributed by atoms with Crippen LogP contribution in [0.4, 0.5) is 5.13 Å². The number of carbonyl (C=O) groups is 2. The fourth-order valence-corrected chi connectivity index (χ4v) is 4.44. The molecule has 0 bridgehead atoms. The van der Waals surface area contributed by atoms with Crippen molar-refractivity contribution in [1.82, 2.24) is 9.88 Å². The molecule has 28 heavy (non-hydrogen) atoms. The Bertz CT molecular complexity index is 769. The summed E-state index contributed by atoms with van der Waals surface area (Å²) in [6.45, 7) is 2.68. The van der Waals surface area contributed by atoms with Gasteiger partial charge in [-0.05, 0) is 37.7 Å². The van der Waals surface area contributed by atoms with Crippen molar-refractivity contribution in [1.29, 1.82) is 0 Å². The molecule has 0 radical (unpaired) electrons. The Balaban J connectivity index is 1.59. The van der Waals surface area contributed by atoms with Crippen molar-refractivity contribution in [2.45, 2.75) is 51.9 Å². The van der Waals surface area contributed by atoms with Crippen molar-refractivity contribution in [2.75, 3.05) is 18.4 Å². The maximum atomic E-state index is 12.9. The molecule has 0 saturated heterocycles. The van der Waals surface area contributed by atoms with Gasteiger partial charge in [-0.2, -0.15) is 0 Å². The second kappa shape index (κ2) is 10.4. The number of hydrogen-bond donors (Lipinski definition) is 1. The topological polar surface area (TPSA) is 62.3 Å². The molecule has 0 spiro atoms. The van der Waals surface area contributed by atoms with Crippen molar-refractivity contribution in [3.05, 3.63) is 47.0 Å². The average molecular weight is 400 g/mol. The fraction of sp³-hybridized carbons (Fsp3) is 0.500. The molecule has 1 aromatic carbocycles. The quantitative estimate of drug-likeness (QED) is 0.714. The summed E-state index contributed by atoms with van der Waals surface area (Å²) in [7, 11) is 0. The van der Waals surface area contributed by atoms with Crippen LogP contribution in [0.5, 0.6) is 0 Å². The van der Waals surface area contributed by atoms with E-state index in [0.717, 1.165) is 24.1 Å². The number of hydrogen-bond acceptors (Lipinski definition) is 4. The SMILES string of the molecule is Cc1csc(NC(=O)CN(CC2CCCCC2)C(=O)CCc2ccccc2)n1. The molecule has 1 fully saturated rings. The van der Waals surface area contributed by atoms with E-state index in [9.17, 15) is 9.59 Å². The highest BCUT2D eigenvalue weighted by Gasteiger charge is 2.23. The summed E-state index contributed by atoms with van der Waals surface area (Å²) in [5, 5.41) is 5.33. The third kappa shape index (κ3) is 6.44. The van der Waals surface area contributed by atoms with E-state index < -0.39 is 0 Å². The third-order valence-electron chi connectivity index (χ3n) is 5.23. The zero-order chi connectivity index (χ0) is 19.8. The molecule has 1 aliphatic carbocycles. The molecule has 150 valence electrons. The summed E-state index contributed by atoms with van der Waals surface area (Å²) in [6.07, 6.45) is 7.16. The van der Waals surface area contributed by atoms with Gasteiger partial charge in [-0.1, -0.05) is 49.6 Å². The molecule has 1 N–H and O–H groups in total. The van der Waals surface area contributed by atoms with Crippen molar-refractivity contribution >= 4 is 28.3 Å². The minimum Gasteiger partial charge on any atom is -0.333 e. The number of thiazole rings is 1. The summed E-state index contributed by atoms with van der Waals surface area (Å²) in [5.41, 5.74) is 2.04. The maximum absolute atomic E-state index is 12.9. The standard InChI is InChI=1S/C22H29N3O2S/c1-17-16-28-22(23-17)24-20(26)15-25(14-19-10-6-3-7-11-19)21(27)13-12-18-8-4-2-5-9-18/h2,4-5,8-9,16,19H,3,6-7,10-15H2,1H3,(H,23,24,26). The van der Waals surface area contributed by atoms with Gasteiger partial charge in [0.1, 0.15) is 0 Å². The fourth-order valence-electron chi connectivity index (χ4n) is 3.73. The van der Waals surface area contributed by atoms with E-state index in [1.165, 1.54) is 30.6 Å². The Morgan fingerprint density at radius 2 is 1.93 bits per heavy atom. The summed E-state index contributed by atoms with van der Waals surface area (Å²) in [5.74, 6) is 0.391. The summed E-state index contributed by atoms with van der Waals surface area (Å²) in [4.78, 5) is 31.5. The van der Waals surface area contributed by atoms with E-state index in [1.807, 2.05) is 42.6 Å². The van der Waals surface area contributed by atoms with Crippen molar-refractivity contribution in [3.8, 4) is 0 Å². The van der Waals surface area contributed by atoms with Crippen LogP contribution in [-0.4, -0.2) is 34.8 Å². The molecule has 6 heteroatoms. The molecule has 2 aromatic rings. The molecule has 0 aliphatic heterocycles. The van der Waals surface area contributed by atoms with Gasteiger partial charge in [0.05, 0.1) is 12.2 Å². The van der Waals surface area contributed by atoms with Crippen LogP contribution in [0.2, 0.25) is 0 Å². The Labute approximate surface area is 171 Å². The molecular weight excluding hydrogens is 370 g/mol. The number of aryl methyl sites for hydroxylation is 2. The van der Waals surface area contributed by atoms with E-state index >= 15 is 0 Å². The Hall–Kier alpha value is -2.21. The van der Waals surface area contributed by atoms with Crippen LogP contribution in [0, 0.1) is 12.8 Å². The van der Waals surface area contributed by atoms with Gasteiger partial charge in [0, 0.05) is 18.3 Å². The minimum absolute atomic E-state index is 0.0555. The van der Waals surface area contributed by atoms with Gasteiger partial charge in [0.25, 0.3) is 0 Å². The van der Waals surface area contributed by atoms with Crippen molar-refractivity contribution < 1.29 is 9.59 Å². The number of carbonyl (C=O) groups excluding carboxylic acids is 2. The lowest BCUT2D eigenvalue weighted by atomic mass is 9.89. The predicted molar refractivity (Wildman–Crippen MR) is 113 cm³/mol. The molecule has 5 nitrogen and oxygen atoms in total. The zero-order valence-corrected chi connectivity index (χ0v) is 17.3. The smallest absolute Gasteiger partial charge is 0.245 e. The molecular formula is C22H29N3O2S. The average Bonchev–Trinajstić information content (AvgIpc) is 3.11. The van der Waals surface area contributed by atoms with Gasteiger partial charge in [0.15, 0.2) is 5.13 Å². The predicted octanol–water partition coefficient (Wildman–Crippen LogP) is 4.43. The first-order valence-corrected chi connectivity index (χ1v) is 11.0. The summed E-state index contributed by atoms with van der Waals surface area (Å²) < 4.78 is 0. The van der Waals surface area contributed by atoms with E-state index in [1.54, 1.807) is 4.90 Å². The van der Waals surface area contributed by atoms with Gasteiger partial charge in [0.2, 0.25) is 11.8 Å². The third-order valence-corrected chi connectivity index (χ3v) is 6.10. The summed E-state index contributed by atoms with van der Waals surface area (Å²) in [6, 6.07) is 10.0. The van der Waals surface area contributed by atoms with E-state index in [0.29, 0.717) is 30.4 Å². The molecule has 2 amide bonds. The number of aromatic nitrogens is 1. The molecule has 1 aliphatic rings. The highest BCUT2D eigenvalue weighted by molar-refractivity contribution is 7.13. The van der Waals surface area contributed by atoms with E-state index in [4.69, 9.17) is 0 Å². The molecule has 3 rings (SSSR count). The molecule has 1 saturated carbocycles. The number of nitrogens with zero attached hydrogens (tertiary/aromatic N) is 2. The maximum Gasteiger partial charge on any atom is 0.245 e. The van der Waals surface area contributed by atoms with E-state index in [2.05, 4.69) is 10.3 Å². The van der Waals surface area contributed by atoms with Crippen LogP contribution >= 0.6 is 11.3 Å². The van der Waals surface area contributed by atoms with Gasteiger partial charge in [-0.3, -0.25) is 9.59 Å². The van der Waals surface area contributed by atoms with Crippen LogP contribution in [-0.2, 0) is 16.0 Å². The van der Waals surface area contributed by atoms with Crippen molar-refractivity contribution in [2.24, 2.45) is 5.92 Å². The monoisotopic (exact) mass is 399 g/mol. The lowest BCUT2D eigenvalue weighted by molar-refractivity contribution is -0.135. The number of rotatable bonds is 8. The number of benzene rings is 1. The zero-order valence-electron chi connectivity index (χ0n) is 16.5. The number of anilines is 1. The first-order valence-electron chi connectivity index (χ1n) is 10.1. The highest BCUT2D eigenvalue weighted by Crippen LogP contribution is 2.25. The molecule has 1 heterocycles. The number of nitrogens with one attached hydrogen (secondary N) is 1. The second-order valence-electron chi connectivity index (χ2n) is 7.61. The van der Waals surface area contributed by atoms with Crippen LogP contribution in [0.15, 0.2) is 35.7 Å². The van der Waals surface area contributed by atoms with Crippen LogP contribution in [0.1, 0.15) is 49.8 Å². The van der Waals surface area contributed by atoms with Gasteiger partial charge < -0.3 is 10.2 Å². The lowest BCUT2D eigenvalue weighted by Crippen LogP contribution is -2.41. The van der Waals surface area contributed by atoms with Gasteiger partial charge >= 0.3 is 0 Å². The first kappa shape index (κ1) is 20.5. The Morgan fingerprint density at radius 3 is 2.61 bits per heavy atom. The lowest BCUT2D eigenvalue weighted by Gasteiger charge is -2.29. The highest BCUT2D eigenvalue weighted by atomic mass is 32.1. The normalized spacial score (nSPS) is 14.6. The van der Waals surface area contributed by atoms with Crippen LogP contribution in [0.25, 0.3) is 0 Å². The molecule has 1 aromatic heterocycles. The summed E-state index contributed by atoms with van der Waals surface area (Å²) >= 11 is 1.41. The first-order chi connectivity index (χ1) is 13.6. The van der Waals surface area contributed by atoms with Gasteiger partial charge in [-0.25, -0.2) is 4.98 Å². The molecule has 0 atom stereocenters. The number of amides is 2. The van der Waals surface area contributed by atoms with E-state index in [-0.39, 0.29) is 18.4 Å². The Morgan fingerprint density at radius 1 is 1.18 bits per heavy atom. The second-order valence-corrected chi connectivity index (χ2v) is 8.46. The van der Waals surface area contributed by atoms with Gasteiger partial charge in [-0.15, -0.1) is 11.3 Å². The molecule has 0 unspecified atom stereocenters. The van der Waals surface area contributed by atoms with Crippen LogP contribution in [0.3, 0.4) is 0 Å². The van der Waals surface area contributed by atoms with Crippen LogP contribution < -0.4 is 5.32 Å². The minimum atomic E-state index is -0.168. The Kier molecular flexibility index (Phi) is 7.60. The van der Waals surface area contributed by atoms with Crippen molar-refractivity contribution in [3.63, 3.8) is 0 Å². The largest absolute Gasteiger partial charge is 0.333 e.